The Balaban J connectivity index is 1.28. The predicted octanol–water partition coefficient (Wildman–Crippen LogP) is 7.54. The lowest BCUT2D eigenvalue weighted by molar-refractivity contribution is -0.132. The van der Waals surface area contributed by atoms with Gasteiger partial charge in [0.05, 0.1) is 11.4 Å². The molecule has 35 heavy (non-hydrogen) atoms. The Hall–Kier alpha value is -2.53. The number of nitrogens with zero attached hydrogens (tertiary/aromatic N) is 3. The van der Waals surface area contributed by atoms with Crippen LogP contribution >= 0.6 is 11.6 Å². The molecule has 0 aliphatic carbocycles. The number of carbonyl (C=O) groups is 1. The van der Waals surface area contributed by atoms with Gasteiger partial charge < -0.3 is 15.1 Å². The molecule has 0 spiro atoms. The number of rotatable bonds is 10. The molecule has 0 atom stereocenters. The maximum absolute atomic E-state index is 12.8. The van der Waals surface area contributed by atoms with Crippen molar-refractivity contribution in [3.8, 4) is 0 Å². The van der Waals surface area contributed by atoms with Crippen LogP contribution in [-0.2, 0) is 4.79 Å². The van der Waals surface area contributed by atoms with Crippen molar-refractivity contribution in [3.63, 3.8) is 0 Å². The zero-order valence-electron chi connectivity index (χ0n) is 21.1. The molecule has 188 valence electrons. The van der Waals surface area contributed by atoms with E-state index in [1.54, 1.807) is 0 Å². The quantitative estimate of drug-likeness (QED) is 0.347. The van der Waals surface area contributed by atoms with Gasteiger partial charge in [-0.3, -0.25) is 4.79 Å². The topological polar surface area (TPSA) is 47.9 Å². The summed E-state index contributed by atoms with van der Waals surface area (Å²) in [4.78, 5) is 22.2. The molecule has 5 nitrogen and oxygen atoms in total. The monoisotopic (exact) mass is 494 g/mol. The molecule has 1 saturated heterocycles. The van der Waals surface area contributed by atoms with Gasteiger partial charge in [0.1, 0.15) is 5.84 Å². The molecule has 2 aromatic carbocycles. The molecule has 0 aromatic heterocycles. The molecule has 1 N–H and O–H groups in total. The number of para-hydroxylation sites is 1. The number of aliphatic imine (C=N–C) groups is 1. The van der Waals surface area contributed by atoms with Crippen LogP contribution in [0.1, 0.15) is 76.7 Å². The van der Waals surface area contributed by atoms with Crippen LogP contribution in [0.25, 0.3) is 0 Å². The number of fused-ring (bicyclic) bond motifs is 2. The summed E-state index contributed by atoms with van der Waals surface area (Å²) in [6, 6.07) is 14.0. The van der Waals surface area contributed by atoms with Gasteiger partial charge in [-0.25, -0.2) is 4.99 Å². The van der Waals surface area contributed by atoms with Crippen molar-refractivity contribution in [2.24, 2.45) is 4.99 Å². The second-order valence-corrected chi connectivity index (χ2v) is 10.2. The maximum Gasteiger partial charge on any atom is 0.222 e. The number of benzene rings is 2. The van der Waals surface area contributed by atoms with E-state index in [-0.39, 0.29) is 0 Å². The minimum atomic E-state index is 0.301. The lowest BCUT2D eigenvalue weighted by atomic mass is 10.1. The zero-order chi connectivity index (χ0) is 24.5. The van der Waals surface area contributed by atoms with Crippen LogP contribution in [0.5, 0.6) is 0 Å². The minimum absolute atomic E-state index is 0.301. The number of piperazine rings is 1. The Labute approximate surface area is 215 Å². The number of amidine groups is 1. The molecule has 0 bridgehead atoms. The standard InChI is InChI=1S/C29H39ClN4O/c1-2-3-4-5-6-7-8-9-10-15-28(35)33-18-20-34(21-19-33)29-24-13-11-12-14-25(24)31-26-17-16-23(30)22-27(26)32-29/h11-14,16-17,22,31H,2-10,15,18-21H2,1H3. The molecule has 0 radical (unpaired) electrons. The van der Waals surface area contributed by atoms with Gasteiger partial charge in [0.15, 0.2) is 0 Å². The summed E-state index contributed by atoms with van der Waals surface area (Å²) in [5.74, 6) is 1.25. The highest BCUT2D eigenvalue weighted by atomic mass is 35.5. The van der Waals surface area contributed by atoms with Crippen LogP contribution in [-0.4, -0.2) is 47.7 Å². The van der Waals surface area contributed by atoms with E-state index >= 15 is 0 Å². The first-order valence-corrected chi connectivity index (χ1v) is 13.8. The van der Waals surface area contributed by atoms with Gasteiger partial charge in [-0.1, -0.05) is 82.0 Å². The van der Waals surface area contributed by atoms with Gasteiger partial charge in [-0.2, -0.15) is 0 Å². The Bertz CT molecular complexity index is 1010. The molecule has 2 aliphatic heterocycles. The molecule has 2 aromatic rings. The highest BCUT2D eigenvalue weighted by molar-refractivity contribution is 6.31. The van der Waals surface area contributed by atoms with Crippen LogP contribution in [0.2, 0.25) is 5.02 Å². The number of hydrogen-bond acceptors (Lipinski definition) is 4. The Kier molecular flexibility index (Phi) is 9.47. The number of carbonyl (C=O) groups excluding carboxylic acids is 1. The van der Waals surface area contributed by atoms with Gasteiger partial charge >= 0.3 is 0 Å². The minimum Gasteiger partial charge on any atom is -0.353 e. The summed E-state index contributed by atoms with van der Waals surface area (Å²) >= 11 is 6.27. The molecule has 0 unspecified atom stereocenters. The van der Waals surface area contributed by atoms with Crippen molar-refractivity contribution in [3.05, 3.63) is 53.1 Å². The average molecular weight is 495 g/mol. The summed E-state index contributed by atoms with van der Waals surface area (Å²) in [5, 5.41) is 4.18. The number of hydrogen-bond donors (Lipinski definition) is 1. The molecule has 2 heterocycles. The van der Waals surface area contributed by atoms with Gasteiger partial charge in [-0.05, 0) is 36.8 Å². The molecule has 4 rings (SSSR count). The fourth-order valence-electron chi connectivity index (χ4n) is 4.96. The number of unbranched alkanes of at least 4 members (excludes halogenated alkanes) is 8. The fraction of sp³-hybridized carbons (Fsp3) is 0.517. The van der Waals surface area contributed by atoms with Crippen LogP contribution in [0.4, 0.5) is 17.1 Å². The normalized spacial score (nSPS) is 15.1. The lowest BCUT2D eigenvalue weighted by Gasteiger charge is -2.36. The molecule has 1 amide bonds. The Morgan fingerprint density at radius 3 is 2.31 bits per heavy atom. The van der Waals surface area contributed by atoms with E-state index in [2.05, 4.69) is 29.3 Å². The number of amides is 1. The summed E-state index contributed by atoms with van der Waals surface area (Å²) in [5.41, 5.74) is 3.91. The highest BCUT2D eigenvalue weighted by Crippen LogP contribution is 2.36. The van der Waals surface area contributed by atoms with E-state index in [9.17, 15) is 4.79 Å². The van der Waals surface area contributed by atoms with E-state index < -0.39 is 0 Å². The summed E-state index contributed by atoms with van der Waals surface area (Å²) < 4.78 is 0. The summed E-state index contributed by atoms with van der Waals surface area (Å²) in [6.07, 6.45) is 12.2. The lowest BCUT2D eigenvalue weighted by Crippen LogP contribution is -2.50. The molecule has 6 heteroatoms. The Morgan fingerprint density at radius 1 is 0.886 bits per heavy atom. The fourth-order valence-corrected chi connectivity index (χ4v) is 5.13. The summed E-state index contributed by atoms with van der Waals surface area (Å²) in [7, 11) is 0. The molecular formula is C29H39ClN4O. The first-order chi connectivity index (χ1) is 17.2. The van der Waals surface area contributed by atoms with Crippen molar-refractivity contribution in [1.82, 2.24) is 9.80 Å². The second-order valence-electron chi connectivity index (χ2n) is 9.71. The Morgan fingerprint density at radius 2 is 1.57 bits per heavy atom. The van der Waals surface area contributed by atoms with E-state index in [0.29, 0.717) is 17.4 Å². The van der Waals surface area contributed by atoms with Crippen molar-refractivity contribution in [2.45, 2.75) is 71.1 Å². The third-order valence-electron chi connectivity index (χ3n) is 7.05. The number of halogens is 1. The zero-order valence-corrected chi connectivity index (χ0v) is 21.8. The van der Waals surface area contributed by atoms with Crippen LogP contribution in [0.3, 0.4) is 0 Å². The maximum atomic E-state index is 12.8. The van der Waals surface area contributed by atoms with E-state index in [1.807, 2.05) is 35.2 Å². The van der Waals surface area contributed by atoms with E-state index in [4.69, 9.17) is 16.6 Å². The largest absolute Gasteiger partial charge is 0.353 e. The van der Waals surface area contributed by atoms with Gasteiger partial charge in [0.2, 0.25) is 5.91 Å². The predicted molar refractivity (Wildman–Crippen MR) is 147 cm³/mol. The third kappa shape index (κ3) is 7.00. The van der Waals surface area contributed by atoms with E-state index in [1.165, 1.54) is 51.4 Å². The average Bonchev–Trinajstić information content (AvgIpc) is 3.04. The van der Waals surface area contributed by atoms with Crippen molar-refractivity contribution >= 4 is 40.4 Å². The molecule has 1 fully saturated rings. The SMILES string of the molecule is CCCCCCCCCCCC(=O)N1CCN(C2=Nc3cc(Cl)ccc3Nc3ccccc32)CC1. The van der Waals surface area contributed by atoms with Crippen molar-refractivity contribution in [1.29, 1.82) is 0 Å². The summed E-state index contributed by atoms with van der Waals surface area (Å²) in [6.45, 7) is 5.31. The molecular weight excluding hydrogens is 456 g/mol. The number of nitrogens with one attached hydrogen (secondary N) is 1. The van der Waals surface area contributed by atoms with Crippen LogP contribution < -0.4 is 5.32 Å². The first-order valence-electron chi connectivity index (χ1n) is 13.4. The second kappa shape index (κ2) is 13.0. The van der Waals surface area contributed by atoms with Gasteiger partial charge in [0.25, 0.3) is 0 Å². The third-order valence-corrected chi connectivity index (χ3v) is 7.28. The van der Waals surface area contributed by atoms with E-state index in [0.717, 1.165) is 61.1 Å². The molecule has 0 saturated carbocycles. The molecule has 2 aliphatic rings. The first kappa shape index (κ1) is 25.6. The highest BCUT2D eigenvalue weighted by Gasteiger charge is 2.26. The smallest absolute Gasteiger partial charge is 0.222 e. The number of anilines is 2. The van der Waals surface area contributed by atoms with Crippen molar-refractivity contribution in [2.75, 3.05) is 31.5 Å². The van der Waals surface area contributed by atoms with Crippen molar-refractivity contribution < 1.29 is 4.79 Å². The van der Waals surface area contributed by atoms with Crippen LogP contribution in [0, 0.1) is 0 Å². The van der Waals surface area contributed by atoms with Gasteiger partial charge in [0, 0.05) is 48.9 Å². The van der Waals surface area contributed by atoms with Gasteiger partial charge in [-0.15, -0.1) is 0 Å². The van der Waals surface area contributed by atoms with Crippen LogP contribution in [0.15, 0.2) is 47.5 Å².